The second-order valence-electron chi connectivity index (χ2n) is 6.96. The number of hydrogen-bond donors (Lipinski definition) is 0. The number of hydrogen-bond acceptors (Lipinski definition) is 0. The first kappa shape index (κ1) is 17.7. The molecule has 0 saturated heterocycles. The Hall–Kier alpha value is -2.69. The Morgan fingerprint density at radius 1 is 0.519 bits per heavy atom. The van der Waals surface area contributed by atoms with Crippen LogP contribution in [0.1, 0.15) is 11.1 Å². The lowest BCUT2D eigenvalue weighted by molar-refractivity contribution is 1.34. The van der Waals surface area contributed by atoms with E-state index < -0.39 is 7.26 Å². The summed E-state index contributed by atoms with van der Waals surface area (Å²) in [4.78, 5) is 0. The lowest BCUT2D eigenvalue weighted by atomic mass is 10.2. The predicted octanol–water partition coefficient (Wildman–Crippen LogP) is 5.49. The molecule has 132 valence electrons. The summed E-state index contributed by atoms with van der Waals surface area (Å²) in [5, 5.41) is 4.30. The van der Waals surface area contributed by atoms with Crippen LogP contribution in [0.15, 0.2) is 115 Å². The van der Waals surface area contributed by atoms with E-state index in [-0.39, 0.29) is 0 Å². The molecule has 0 bridgehead atoms. The van der Waals surface area contributed by atoms with Crippen molar-refractivity contribution in [1.29, 1.82) is 0 Å². The molecular weight excluding hydrogens is 343 g/mol. The molecule has 4 rings (SSSR count). The van der Waals surface area contributed by atoms with Crippen molar-refractivity contribution in [3.63, 3.8) is 0 Å². The van der Waals surface area contributed by atoms with Gasteiger partial charge in [0.05, 0.1) is 6.16 Å². The van der Waals surface area contributed by atoms with Crippen molar-refractivity contribution in [2.24, 2.45) is 0 Å². The minimum Gasteiger partial charge on any atom is -0.0620 e. The average Bonchev–Trinajstić information content (AvgIpc) is 2.74. The molecule has 0 fully saturated rings. The summed E-state index contributed by atoms with van der Waals surface area (Å²) in [5.74, 6) is 0. The number of benzene rings is 4. The Morgan fingerprint density at radius 2 is 0.963 bits per heavy atom. The van der Waals surface area contributed by atoms with Gasteiger partial charge in [0, 0.05) is 0 Å². The lowest BCUT2D eigenvalue weighted by Gasteiger charge is -2.28. The highest BCUT2D eigenvalue weighted by molar-refractivity contribution is 7.95. The summed E-state index contributed by atoms with van der Waals surface area (Å²) < 4.78 is 0. The van der Waals surface area contributed by atoms with Gasteiger partial charge in [-0.3, -0.25) is 0 Å². The van der Waals surface area contributed by atoms with Crippen molar-refractivity contribution in [2.75, 3.05) is 0 Å². The first-order valence-corrected chi connectivity index (χ1v) is 11.4. The van der Waals surface area contributed by atoms with E-state index >= 15 is 0 Å². The zero-order chi connectivity index (χ0) is 18.5. The molecule has 0 spiro atoms. The van der Waals surface area contributed by atoms with Crippen LogP contribution >= 0.6 is 7.26 Å². The highest BCUT2D eigenvalue weighted by Gasteiger charge is 2.45. The summed E-state index contributed by atoms with van der Waals surface area (Å²) in [6.45, 7) is 2.18. The van der Waals surface area contributed by atoms with Crippen LogP contribution in [0, 0.1) is 6.92 Å². The molecule has 0 aromatic heterocycles. The first-order valence-electron chi connectivity index (χ1n) is 9.39. The van der Waals surface area contributed by atoms with E-state index in [0.29, 0.717) is 0 Å². The molecule has 0 radical (unpaired) electrons. The van der Waals surface area contributed by atoms with Gasteiger partial charge >= 0.3 is 0 Å². The Labute approximate surface area is 162 Å². The van der Waals surface area contributed by atoms with Crippen LogP contribution < -0.4 is 15.9 Å². The second-order valence-corrected chi connectivity index (χ2v) is 10.4. The monoisotopic (exact) mass is 367 g/mol. The zero-order valence-electron chi connectivity index (χ0n) is 15.6. The standard InChI is InChI=1S/C26H24P/c1-22-12-11-13-23(20-22)21-27(24-14-5-2-6-15-24,25-16-7-3-8-17-25)26-18-9-4-10-19-26/h2-20H,21H2,1H3/q+1. The molecule has 4 aromatic rings. The van der Waals surface area contributed by atoms with Crippen molar-refractivity contribution in [3.05, 3.63) is 126 Å². The molecule has 1 heteroatoms. The fourth-order valence-electron chi connectivity index (χ4n) is 3.85. The van der Waals surface area contributed by atoms with E-state index in [1.807, 2.05) is 0 Å². The van der Waals surface area contributed by atoms with Crippen LogP contribution in [0.25, 0.3) is 0 Å². The zero-order valence-corrected chi connectivity index (χ0v) is 16.5. The van der Waals surface area contributed by atoms with Crippen LogP contribution in [-0.4, -0.2) is 0 Å². The third-order valence-electron chi connectivity index (χ3n) is 5.09. The minimum absolute atomic E-state index is 1.03. The van der Waals surface area contributed by atoms with Crippen LogP contribution in [0.3, 0.4) is 0 Å². The molecule has 0 aliphatic carbocycles. The van der Waals surface area contributed by atoms with Gasteiger partial charge in [0.1, 0.15) is 23.2 Å². The van der Waals surface area contributed by atoms with Crippen molar-refractivity contribution in [1.82, 2.24) is 0 Å². The van der Waals surface area contributed by atoms with Gasteiger partial charge in [-0.15, -0.1) is 0 Å². The lowest BCUT2D eigenvalue weighted by Crippen LogP contribution is -2.32. The van der Waals surface area contributed by atoms with Gasteiger partial charge in [-0.25, -0.2) is 0 Å². The van der Waals surface area contributed by atoms with E-state index in [1.54, 1.807) is 0 Å². The van der Waals surface area contributed by atoms with Crippen LogP contribution in [0.2, 0.25) is 0 Å². The fraction of sp³-hybridized carbons (Fsp3) is 0.0769. The normalized spacial score (nSPS) is 11.3. The van der Waals surface area contributed by atoms with E-state index in [4.69, 9.17) is 0 Å². The fourth-order valence-corrected chi connectivity index (χ4v) is 8.08. The maximum absolute atomic E-state index is 2.34. The van der Waals surface area contributed by atoms with Gasteiger partial charge in [0.15, 0.2) is 0 Å². The maximum atomic E-state index is 2.34. The molecule has 27 heavy (non-hydrogen) atoms. The molecule has 0 aliphatic heterocycles. The van der Waals surface area contributed by atoms with Crippen LogP contribution in [-0.2, 0) is 6.16 Å². The molecule has 0 amide bonds. The Kier molecular flexibility index (Phi) is 5.19. The molecule has 0 heterocycles. The molecule has 4 aromatic carbocycles. The van der Waals surface area contributed by atoms with Gasteiger partial charge in [-0.2, -0.15) is 0 Å². The SMILES string of the molecule is Cc1cccc(C[P+](c2ccccc2)(c2ccccc2)c2ccccc2)c1. The Bertz CT molecular complexity index is 895. The highest BCUT2D eigenvalue weighted by Crippen LogP contribution is 2.58. The molecule has 0 N–H and O–H groups in total. The summed E-state index contributed by atoms with van der Waals surface area (Å²) in [6.07, 6.45) is 1.03. The quantitative estimate of drug-likeness (QED) is 0.409. The maximum Gasteiger partial charge on any atom is 0.116 e. The first-order chi connectivity index (χ1) is 13.3. The van der Waals surface area contributed by atoms with Gasteiger partial charge in [-0.05, 0) is 48.9 Å². The molecular formula is C26H24P+. The van der Waals surface area contributed by atoms with Gasteiger partial charge in [0.2, 0.25) is 0 Å². The molecule has 0 atom stereocenters. The third-order valence-corrected chi connectivity index (χ3v) is 9.47. The van der Waals surface area contributed by atoms with E-state index in [2.05, 4.69) is 122 Å². The highest BCUT2D eigenvalue weighted by atomic mass is 31.2. The van der Waals surface area contributed by atoms with Crippen molar-refractivity contribution in [2.45, 2.75) is 13.1 Å². The van der Waals surface area contributed by atoms with Gasteiger partial charge in [-0.1, -0.05) is 84.4 Å². The van der Waals surface area contributed by atoms with Crippen molar-refractivity contribution < 1.29 is 0 Å². The number of aryl methyl sites for hydroxylation is 1. The van der Waals surface area contributed by atoms with Gasteiger partial charge < -0.3 is 0 Å². The Balaban J connectivity index is 2.00. The summed E-state index contributed by atoms with van der Waals surface area (Å²) in [5.41, 5.74) is 2.72. The van der Waals surface area contributed by atoms with Crippen LogP contribution in [0.5, 0.6) is 0 Å². The average molecular weight is 367 g/mol. The summed E-state index contributed by atoms with van der Waals surface area (Å²) in [7, 11) is -1.79. The number of rotatable bonds is 5. The molecule has 0 nitrogen and oxygen atoms in total. The summed E-state index contributed by atoms with van der Waals surface area (Å²) in [6, 6.07) is 42.2. The van der Waals surface area contributed by atoms with E-state index in [9.17, 15) is 0 Å². The smallest absolute Gasteiger partial charge is 0.0620 e. The summed E-state index contributed by atoms with van der Waals surface area (Å²) >= 11 is 0. The predicted molar refractivity (Wildman–Crippen MR) is 120 cm³/mol. The topological polar surface area (TPSA) is 0 Å². The molecule has 0 unspecified atom stereocenters. The van der Waals surface area contributed by atoms with Crippen molar-refractivity contribution in [3.8, 4) is 0 Å². The molecule has 0 saturated carbocycles. The van der Waals surface area contributed by atoms with E-state index in [0.717, 1.165) is 6.16 Å². The van der Waals surface area contributed by atoms with E-state index in [1.165, 1.54) is 27.0 Å². The third kappa shape index (κ3) is 3.59. The minimum atomic E-state index is -1.79. The molecule has 0 aliphatic rings. The second kappa shape index (κ2) is 7.91. The largest absolute Gasteiger partial charge is 0.116 e. The van der Waals surface area contributed by atoms with Crippen LogP contribution in [0.4, 0.5) is 0 Å². The van der Waals surface area contributed by atoms with Crippen molar-refractivity contribution >= 4 is 23.2 Å². The Morgan fingerprint density at radius 3 is 1.37 bits per heavy atom. The van der Waals surface area contributed by atoms with Gasteiger partial charge in [0.25, 0.3) is 0 Å².